The van der Waals surface area contributed by atoms with E-state index in [1.54, 1.807) is 13.0 Å². The van der Waals surface area contributed by atoms with Gasteiger partial charge in [0.25, 0.3) is 5.91 Å². The monoisotopic (exact) mass is 363 g/mol. The highest BCUT2D eigenvalue weighted by atomic mass is 32.2. The predicted octanol–water partition coefficient (Wildman–Crippen LogP) is 1.30. The molecule has 0 aliphatic heterocycles. The van der Waals surface area contributed by atoms with Crippen molar-refractivity contribution in [1.29, 1.82) is 0 Å². The maximum atomic E-state index is 12.2. The summed E-state index contributed by atoms with van der Waals surface area (Å²) in [6.45, 7) is 1.70. The van der Waals surface area contributed by atoms with Crippen molar-refractivity contribution in [1.82, 2.24) is 4.98 Å². The highest BCUT2D eigenvalue weighted by molar-refractivity contribution is 7.89. The van der Waals surface area contributed by atoms with Crippen molar-refractivity contribution in [3.05, 3.63) is 54.4 Å². The second kappa shape index (κ2) is 7.86. The van der Waals surface area contributed by atoms with Gasteiger partial charge >= 0.3 is 5.97 Å². The molecule has 0 saturated heterocycles. The van der Waals surface area contributed by atoms with Gasteiger partial charge in [0.2, 0.25) is 10.0 Å². The number of benzene rings is 1. The molecule has 2 rings (SSSR count). The normalized spacial score (nSPS) is 12.2. The molecule has 1 unspecified atom stereocenters. The topological polar surface area (TPSA) is 128 Å². The Morgan fingerprint density at radius 1 is 1.24 bits per heavy atom. The van der Waals surface area contributed by atoms with Gasteiger partial charge in [-0.1, -0.05) is 6.92 Å². The maximum absolute atomic E-state index is 12.2. The number of carbonyl (C=O) groups is 2. The second-order valence-corrected chi connectivity index (χ2v) is 6.66. The highest BCUT2D eigenvalue weighted by Crippen LogP contribution is 2.14. The van der Waals surface area contributed by atoms with Crippen molar-refractivity contribution in [2.24, 2.45) is 5.14 Å². The van der Waals surface area contributed by atoms with Crippen molar-refractivity contribution in [2.45, 2.75) is 24.3 Å². The lowest BCUT2D eigenvalue weighted by Gasteiger charge is -2.16. The molecular formula is C16H17N3O5S. The van der Waals surface area contributed by atoms with E-state index in [4.69, 9.17) is 9.88 Å². The van der Waals surface area contributed by atoms with E-state index in [2.05, 4.69) is 10.3 Å². The van der Waals surface area contributed by atoms with Crippen LogP contribution in [0.1, 0.15) is 23.7 Å². The fourth-order valence-electron chi connectivity index (χ4n) is 1.95. The average Bonchev–Trinajstić information content (AvgIpc) is 2.59. The molecule has 0 bridgehead atoms. The number of aromatic nitrogens is 1. The molecule has 0 radical (unpaired) electrons. The Bertz CT molecular complexity index is 851. The SMILES string of the molecule is CCC(OC(=O)c1cccnc1)C(=O)Nc1ccc(S(N)(=O)=O)cc1. The minimum atomic E-state index is -3.80. The third kappa shape index (κ3) is 5.10. The average molecular weight is 363 g/mol. The van der Waals surface area contributed by atoms with E-state index in [0.29, 0.717) is 5.69 Å². The number of ether oxygens (including phenoxy) is 1. The third-order valence-corrected chi connectivity index (χ3v) is 4.19. The van der Waals surface area contributed by atoms with Crippen LogP contribution in [-0.2, 0) is 19.6 Å². The molecule has 0 fully saturated rings. The number of amides is 1. The zero-order chi connectivity index (χ0) is 18.4. The standard InChI is InChI=1S/C16H17N3O5S/c1-2-14(24-16(21)11-4-3-9-18-10-11)15(20)19-12-5-7-13(8-6-12)25(17,22)23/h3-10,14H,2H2,1H3,(H,19,20)(H2,17,22,23). The molecular weight excluding hydrogens is 346 g/mol. The van der Waals surface area contributed by atoms with Crippen molar-refractivity contribution in [2.75, 3.05) is 5.32 Å². The number of nitrogens with two attached hydrogens (primary N) is 1. The quantitative estimate of drug-likeness (QED) is 0.745. The van der Waals surface area contributed by atoms with Crippen LogP contribution >= 0.6 is 0 Å². The lowest BCUT2D eigenvalue weighted by molar-refractivity contribution is -0.124. The van der Waals surface area contributed by atoms with Crippen LogP contribution in [0.3, 0.4) is 0 Å². The summed E-state index contributed by atoms with van der Waals surface area (Å²) in [6, 6.07) is 8.46. The van der Waals surface area contributed by atoms with Crippen LogP contribution in [0.25, 0.3) is 0 Å². The molecule has 0 spiro atoms. The summed E-state index contributed by atoms with van der Waals surface area (Å²) in [5.41, 5.74) is 0.597. The molecule has 1 amide bonds. The minimum Gasteiger partial charge on any atom is -0.449 e. The van der Waals surface area contributed by atoms with Crippen molar-refractivity contribution in [3.63, 3.8) is 0 Å². The zero-order valence-electron chi connectivity index (χ0n) is 13.4. The number of nitrogens with one attached hydrogen (secondary N) is 1. The van der Waals surface area contributed by atoms with Crippen molar-refractivity contribution < 1.29 is 22.7 Å². The first-order chi connectivity index (χ1) is 11.8. The van der Waals surface area contributed by atoms with Gasteiger partial charge in [-0.2, -0.15) is 0 Å². The molecule has 1 aromatic carbocycles. The molecule has 9 heteroatoms. The first-order valence-corrected chi connectivity index (χ1v) is 8.90. The number of esters is 1. The van der Waals surface area contributed by atoms with E-state index < -0.39 is 28.0 Å². The third-order valence-electron chi connectivity index (χ3n) is 3.26. The van der Waals surface area contributed by atoms with E-state index in [1.807, 2.05) is 0 Å². The van der Waals surface area contributed by atoms with Gasteiger partial charge < -0.3 is 10.1 Å². The molecule has 2 aromatic rings. The number of hydrogen-bond donors (Lipinski definition) is 2. The van der Waals surface area contributed by atoms with Gasteiger partial charge in [0.15, 0.2) is 6.10 Å². The smallest absolute Gasteiger partial charge is 0.340 e. The van der Waals surface area contributed by atoms with Crippen LogP contribution in [0, 0.1) is 0 Å². The fraction of sp³-hybridized carbons (Fsp3) is 0.188. The van der Waals surface area contributed by atoms with E-state index in [0.717, 1.165) is 0 Å². The Morgan fingerprint density at radius 3 is 2.44 bits per heavy atom. The number of pyridine rings is 1. The van der Waals surface area contributed by atoms with Crippen LogP contribution in [0.5, 0.6) is 0 Å². The Hall–Kier alpha value is -2.78. The number of hydrogen-bond acceptors (Lipinski definition) is 6. The van der Waals surface area contributed by atoms with Gasteiger partial charge in [-0.15, -0.1) is 0 Å². The fourth-order valence-corrected chi connectivity index (χ4v) is 2.47. The van der Waals surface area contributed by atoms with Crippen LogP contribution in [0.2, 0.25) is 0 Å². The maximum Gasteiger partial charge on any atom is 0.340 e. The largest absolute Gasteiger partial charge is 0.449 e. The lowest BCUT2D eigenvalue weighted by atomic mass is 10.2. The molecule has 1 atom stereocenters. The number of nitrogens with zero attached hydrogens (tertiary/aromatic N) is 1. The summed E-state index contributed by atoms with van der Waals surface area (Å²) in [4.78, 5) is 28.0. The van der Waals surface area contributed by atoms with E-state index in [1.165, 1.54) is 42.7 Å². The summed E-state index contributed by atoms with van der Waals surface area (Å²) in [7, 11) is -3.80. The Balaban J connectivity index is 2.03. The number of carbonyl (C=O) groups excluding carboxylic acids is 2. The number of sulfonamides is 1. The summed E-state index contributed by atoms with van der Waals surface area (Å²) in [5, 5.41) is 7.57. The van der Waals surface area contributed by atoms with Gasteiger partial charge in [0.05, 0.1) is 10.5 Å². The summed E-state index contributed by atoms with van der Waals surface area (Å²) < 4.78 is 27.6. The Morgan fingerprint density at radius 2 is 1.92 bits per heavy atom. The molecule has 1 aromatic heterocycles. The van der Waals surface area contributed by atoms with E-state index in [-0.39, 0.29) is 16.9 Å². The highest BCUT2D eigenvalue weighted by Gasteiger charge is 2.22. The Kier molecular flexibility index (Phi) is 5.84. The van der Waals surface area contributed by atoms with Gasteiger partial charge in [-0.25, -0.2) is 18.4 Å². The lowest BCUT2D eigenvalue weighted by Crippen LogP contribution is -2.32. The van der Waals surface area contributed by atoms with Gasteiger partial charge in [-0.3, -0.25) is 9.78 Å². The molecule has 1 heterocycles. The zero-order valence-corrected chi connectivity index (χ0v) is 14.2. The molecule has 8 nitrogen and oxygen atoms in total. The molecule has 3 N–H and O–H groups in total. The Labute approximate surface area is 145 Å². The summed E-state index contributed by atoms with van der Waals surface area (Å²) >= 11 is 0. The van der Waals surface area contributed by atoms with Crippen LogP contribution < -0.4 is 10.5 Å². The minimum absolute atomic E-state index is 0.0689. The molecule has 132 valence electrons. The second-order valence-electron chi connectivity index (χ2n) is 5.10. The van der Waals surface area contributed by atoms with Crippen LogP contribution in [0.15, 0.2) is 53.7 Å². The van der Waals surface area contributed by atoms with Gasteiger partial charge in [-0.05, 0) is 42.8 Å². The predicted molar refractivity (Wildman–Crippen MR) is 90.2 cm³/mol. The first kappa shape index (κ1) is 18.6. The molecule has 0 saturated carbocycles. The molecule has 25 heavy (non-hydrogen) atoms. The van der Waals surface area contributed by atoms with E-state index in [9.17, 15) is 18.0 Å². The number of anilines is 1. The van der Waals surface area contributed by atoms with Gasteiger partial charge in [0.1, 0.15) is 0 Å². The van der Waals surface area contributed by atoms with Crippen molar-refractivity contribution in [3.8, 4) is 0 Å². The summed E-state index contributed by atoms with van der Waals surface area (Å²) in [5.74, 6) is -1.18. The van der Waals surface area contributed by atoms with Crippen molar-refractivity contribution >= 4 is 27.6 Å². The molecule has 0 aliphatic rings. The van der Waals surface area contributed by atoms with Gasteiger partial charge in [0, 0.05) is 18.1 Å². The summed E-state index contributed by atoms with van der Waals surface area (Å²) in [6.07, 6.45) is 2.14. The molecule has 0 aliphatic carbocycles. The van der Waals surface area contributed by atoms with Crippen LogP contribution in [0.4, 0.5) is 5.69 Å². The number of rotatable bonds is 6. The van der Waals surface area contributed by atoms with Crippen LogP contribution in [-0.4, -0.2) is 31.4 Å². The first-order valence-electron chi connectivity index (χ1n) is 7.36. The van der Waals surface area contributed by atoms with E-state index >= 15 is 0 Å². The number of primary sulfonamides is 1.